The predicted octanol–water partition coefficient (Wildman–Crippen LogP) is 1.87. The summed E-state index contributed by atoms with van der Waals surface area (Å²) in [5, 5.41) is 3.44. The molecule has 1 N–H and O–H groups in total. The third-order valence-corrected chi connectivity index (χ3v) is 3.29. The van der Waals surface area contributed by atoms with Gasteiger partial charge in [0.1, 0.15) is 0 Å². The maximum atomic E-state index is 4.28. The molecule has 0 aliphatic carbocycles. The first-order chi connectivity index (χ1) is 8.45. The smallest absolute Gasteiger partial charge is 0.0954 e. The van der Waals surface area contributed by atoms with Crippen LogP contribution in [0, 0.1) is 0 Å². The lowest BCUT2D eigenvalue weighted by molar-refractivity contribution is 0.373. The Labute approximate surface area is 101 Å². The van der Waals surface area contributed by atoms with Gasteiger partial charge in [-0.3, -0.25) is 4.98 Å². The third-order valence-electron chi connectivity index (χ3n) is 3.29. The van der Waals surface area contributed by atoms with Gasteiger partial charge in [0.25, 0.3) is 0 Å². The highest BCUT2D eigenvalue weighted by molar-refractivity contribution is 5.57. The standard InChI is InChI=1S/C13H16N4/c1-3-11(7-14-5-1)13-9-16-10-17(13)12-4-2-6-15-8-12/h1,3,5,7,9-10,12,15H,2,4,6,8H2. The van der Waals surface area contributed by atoms with Crippen molar-refractivity contribution in [3.8, 4) is 11.3 Å². The van der Waals surface area contributed by atoms with Crippen LogP contribution in [0.5, 0.6) is 0 Å². The molecule has 1 unspecified atom stereocenters. The molecule has 0 bridgehead atoms. The average molecular weight is 228 g/mol. The Balaban J connectivity index is 1.93. The topological polar surface area (TPSA) is 42.7 Å². The number of nitrogens with zero attached hydrogens (tertiary/aromatic N) is 3. The van der Waals surface area contributed by atoms with Crippen molar-refractivity contribution in [2.75, 3.05) is 13.1 Å². The zero-order valence-electron chi connectivity index (χ0n) is 9.71. The van der Waals surface area contributed by atoms with Crippen LogP contribution in [0.25, 0.3) is 11.3 Å². The van der Waals surface area contributed by atoms with E-state index in [2.05, 4.69) is 25.9 Å². The van der Waals surface area contributed by atoms with E-state index in [0.29, 0.717) is 6.04 Å². The van der Waals surface area contributed by atoms with Gasteiger partial charge in [0.15, 0.2) is 0 Å². The van der Waals surface area contributed by atoms with E-state index in [9.17, 15) is 0 Å². The number of rotatable bonds is 2. The summed E-state index contributed by atoms with van der Waals surface area (Å²) in [6.07, 6.45) is 9.99. The fourth-order valence-electron chi connectivity index (χ4n) is 2.40. The van der Waals surface area contributed by atoms with Crippen LogP contribution in [0.2, 0.25) is 0 Å². The first kappa shape index (κ1) is 10.5. The molecule has 2 aromatic heterocycles. The zero-order chi connectivity index (χ0) is 11.5. The van der Waals surface area contributed by atoms with Gasteiger partial charge in [-0.05, 0) is 31.5 Å². The SMILES string of the molecule is c1cncc(-c2cncn2C2CCCNC2)c1. The molecule has 4 nitrogen and oxygen atoms in total. The molecule has 1 saturated heterocycles. The molecule has 4 heteroatoms. The van der Waals surface area contributed by atoms with Crippen molar-refractivity contribution in [1.29, 1.82) is 0 Å². The van der Waals surface area contributed by atoms with Gasteiger partial charge >= 0.3 is 0 Å². The summed E-state index contributed by atoms with van der Waals surface area (Å²) < 4.78 is 2.27. The van der Waals surface area contributed by atoms with Crippen LogP contribution in [0.4, 0.5) is 0 Å². The summed E-state index contributed by atoms with van der Waals surface area (Å²) in [7, 11) is 0. The second-order valence-electron chi connectivity index (χ2n) is 4.43. The van der Waals surface area contributed by atoms with Crippen LogP contribution in [-0.4, -0.2) is 27.6 Å². The molecule has 1 fully saturated rings. The number of nitrogens with one attached hydrogen (secondary N) is 1. The second-order valence-corrected chi connectivity index (χ2v) is 4.43. The van der Waals surface area contributed by atoms with Crippen molar-refractivity contribution < 1.29 is 0 Å². The molecular weight excluding hydrogens is 212 g/mol. The molecule has 88 valence electrons. The largest absolute Gasteiger partial charge is 0.326 e. The Bertz CT molecular complexity index is 471. The number of pyridine rings is 1. The quantitative estimate of drug-likeness (QED) is 0.853. The van der Waals surface area contributed by atoms with Gasteiger partial charge in [0, 0.05) is 30.5 Å². The molecule has 0 radical (unpaired) electrons. The van der Waals surface area contributed by atoms with E-state index in [1.54, 1.807) is 6.20 Å². The highest BCUT2D eigenvalue weighted by Crippen LogP contribution is 2.24. The average Bonchev–Trinajstić information content (AvgIpc) is 2.90. The molecule has 0 aromatic carbocycles. The molecule has 3 rings (SSSR count). The zero-order valence-corrected chi connectivity index (χ0v) is 9.71. The number of hydrogen-bond donors (Lipinski definition) is 1. The number of hydrogen-bond acceptors (Lipinski definition) is 3. The number of imidazole rings is 1. The summed E-state index contributed by atoms with van der Waals surface area (Å²) in [4.78, 5) is 8.45. The van der Waals surface area contributed by atoms with E-state index >= 15 is 0 Å². The minimum Gasteiger partial charge on any atom is -0.326 e. The summed E-state index contributed by atoms with van der Waals surface area (Å²) in [5.41, 5.74) is 2.29. The normalized spacial score (nSPS) is 20.4. The molecule has 0 amide bonds. The molecule has 2 aromatic rings. The van der Waals surface area contributed by atoms with Gasteiger partial charge in [0.05, 0.1) is 18.2 Å². The second kappa shape index (κ2) is 4.67. The number of aromatic nitrogens is 3. The van der Waals surface area contributed by atoms with Gasteiger partial charge in [-0.15, -0.1) is 0 Å². The first-order valence-corrected chi connectivity index (χ1v) is 6.08. The van der Waals surface area contributed by atoms with Gasteiger partial charge in [-0.2, -0.15) is 0 Å². The van der Waals surface area contributed by atoms with Gasteiger partial charge in [-0.25, -0.2) is 4.98 Å². The van der Waals surface area contributed by atoms with Crippen LogP contribution in [-0.2, 0) is 0 Å². The van der Waals surface area contributed by atoms with E-state index in [4.69, 9.17) is 0 Å². The predicted molar refractivity (Wildman–Crippen MR) is 66.6 cm³/mol. The fraction of sp³-hybridized carbons (Fsp3) is 0.385. The molecule has 0 saturated carbocycles. The lowest BCUT2D eigenvalue weighted by Gasteiger charge is -2.25. The van der Waals surface area contributed by atoms with E-state index in [-0.39, 0.29) is 0 Å². The van der Waals surface area contributed by atoms with Gasteiger partial charge in [0.2, 0.25) is 0 Å². The highest BCUT2D eigenvalue weighted by Gasteiger charge is 2.17. The summed E-state index contributed by atoms with van der Waals surface area (Å²) in [6.45, 7) is 2.16. The van der Waals surface area contributed by atoms with Crippen LogP contribution in [0.1, 0.15) is 18.9 Å². The summed E-state index contributed by atoms with van der Waals surface area (Å²) >= 11 is 0. The lowest BCUT2D eigenvalue weighted by Crippen LogP contribution is -2.31. The molecule has 1 aliphatic heterocycles. The maximum absolute atomic E-state index is 4.28. The van der Waals surface area contributed by atoms with E-state index < -0.39 is 0 Å². The van der Waals surface area contributed by atoms with Crippen LogP contribution in [0.3, 0.4) is 0 Å². The van der Waals surface area contributed by atoms with Crippen molar-refractivity contribution in [3.05, 3.63) is 37.1 Å². The molecular formula is C13H16N4. The number of piperidine rings is 1. The Morgan fingerprint density at radius 1 is 1.29 bits per heavy atom. The Hall–Kier alpha value is -1.68. The van der Waals surface area contributed by atoms with Crippen LogP contribution in [0.15, 0.2) is 37.1 Å². The minimum absolute atomic E-state index is 0.515. The Morgan fingerprint density at radius 3 is 3.06 bits per heavy atom. The summed E-state index contributed by atoms with van der Waals surface area (Å²) in [5.74, 6) is 0. The Morgan fingerprint density at radius 2 is 2.29 bits per heavy atom. The monoisotopic (exact) mass is 228 g/mol. The van der Waals surface area contributed by atoms with Crippen LogP contribution >= 0.6 is 0 Å². The molecule has 0 spiro atoms. The molecule has 3 heterocycles. The van der Waals surface area contributed by atoms with Crippen molar-refractivity contribution in [3.63, 3.8) is 0 Å². The van der Waals surface area contributed by atoms with Gasteiger partial charge < -0.3 is 9.88 Å². The molecule has 17 heavy (non-hydrogen) atoms. The van der Waals surface area contributed by atoms with Gasteiger partial charge in [-0.1, -0.05) is 0 Å². The first-order valence-electron chi connectivity index (χ1n) is 6.08. The van der Waals surface area contributed by atoms with Crippen molar-refractivity contribution in [2.45, 2.75) is 18.9 Å². The fourth-order valence-corrected chi connectivity index (χ4v) is 2.40. The Kier molecular flexibility index (Phi) is 2.88. The van der Waals surface area contributed by atoms with Crippen molar-refractivity contribution in [1.82, 2.24) is 19.9 Å². The van der Waals surface area contributed by atoms with Crippen LogP contribution < -0.4 is 5.32 Å². The molecule has 1 atom stereocenters. The maximum Gasteiger partial charge on any atom is 0.0954 e. The van der Waals surface area contributed by atoms with E-state index in [1.165, 1.54) is 12.8 Å². The van der Waals surface area contributed by atoms with E-state index in [1.807, 2.05) is 24.8 Å². The van der Waals surface area contributed by atoms with Crippen molar-refractivity contribution in [2.24, 2.45) is 0 Å². The van der Waals surface area contributed by atoms with Crippen molar-refractivity contribution >= 4 is 0 Å². The lowest BCUT2D eigenvalue weighted by atomic mass is 10.1. The third kappa shape index (κ3) is 2.08. The molecule has 1 aliphatic rings. The highest BCUT2D eigenvalue weighted by atomic mass is 15.1. The minimum atomic E-state index is 0.515. The van der Waals surface area contributed by atoms with E-state index in [0.717, 1.165) is 24.3 Å². The summed E-state index contributed by atoms with van der Waals surface area (Å²) in [6, 6.07) is 4.56.